The molecule has 3 rings (SSSR count). The summed E-state index contributed by atoms with van der Waals surface area (Å²) >= 11 is 5.91. The first-order valence-corrected chi connectivity index (χ1v) is 8.88. The molecule has 0 atom stereocenters. The maximum absolute atomic E-state index is 13.6. The highest BCUT2D eigenvalue weighted by Gasteiger charge is 2.35. The molecular formula is C18H16ClF3N4O2. The molecule has 1 aliphatic rings. The van der Waals surface area contributed by atoms with Crippen LogP contribution in [-0.4, -0.2) is 32.9 Å². The van der Waals surface area contributed by atoms with Crippen LogP contribution in [-0.2, 0) is 6.18 Å². The van der Waals surface area contributed by atoms with Crippen molar-refractivity contribution in [1.82, 2.24) is 14.9 Å². The van der Waals surface area contributed by atoms with Gasteiger partial charge in [0.2, 0.25) is 5.15 Å². The molecule has 0 spiro atoms. The van der Waals surface area contributed by atoms with Crippen LogP contribution in [0.5, 0.6) is 0 Å². The number of rotatable bonds is 4. The molecule has 0 amide bonds. The monoisotopic (exact) mass is 412 g/mol. The van der Waals surface area contributed by atoms with Crippen molar-refractivity contribution in [2.45, 2.75) is 25.9 Å². The summed E-state index contributed by atoms with van der Waals surface area (Å²) in [6, 6.07) is 5.16. The Morgan fingerprint density at radius 1 is 1.25 bits per heavy atom. The lowest BCUT2D eigenvalue weighted by atomic mass is 10.0. The number of aromatic nitrogens is 2. The van der Waals surface area contributed by atoms with E-state index < -0.39 is 22.4 Å². The van der Waals surface area contributed by atoms with Crippen molar-refractivity contribution in [3.05, 3.63) is 62.2 Å². The van der Waals surface area contributed by atoms with E-state index in [9.17, 15) is 23.3 Å². The third-order valence-electron chi connectivity index (χ3n) is 4.39. The lowest BCUT2D eigenvalue weighted by Gasteiger charge is -2.24. The number of nitrogens with zero attached hydrogens (tertiary/aromatic N) is 4. The number of benzene rings is 1. The van der Waals surface area contributed by atoms with Gasteiger partial charge in [-0.05, 0) is 31.9 Å². The first-order valence-electron chi connectivity index (χ1n) is 8.50. The molecule has 1 aromatic heterocycles. The van der Waals surface area contributed by atoms with E-state index >= 15 is 0 Å². The summed E-state index contributed by atoms with van der Waals surface area (Å²) in [5.41, 5.74) is -1.30. The summed E-state index contributed by atoms with van der Waals surface area (Å²) in [5.74, 6) is 0.187. The molecule has 0 radical (unpaired) electrons. The first kappa shape index (κ1) is 20.1. The van der Waals surface area contributed by atoms with E-state index in [-0.39, 0.29) is 27.9 Å². The zero-order valence-electron chi connectivity index (χ0n) is 14.8. The maximum atomic E-state index is 13.6. The molecule has 0 bridgehead atoms. The molecule has 1 fully saturated rings. The predicted octanol–water partition coefficient (Wildman–Crippen LogP) is 4.96. The van der Waals surface area contributed by atoms with Gasteiger partial charge < -0.3 is 4.90 Å². The van der Waals surface area contributed by atoms with E-state index in [0.29, 0.717) is 13.1 Å². The number of likely N-dealkylation sites (tertiary alicyclic amines) is 1. The Kier molecular flexibility index (Phi) is 5.55. The van der Waals surface area contributed by atoms with Gasteiger partial charge in [-0.15, -0.1) is 0 Å². The minimum absolute atomic E-state index is 0.0569. The van der Waals surface area contributed by atoms with E-state index in [1.54, 1.807) is 4.90 Å². The highest BCUT2D eigenvalue weighted by molar-refractivity contribution is 6.31. The van der Waals surface area contributed by atoms with Gasteiger partial charge in [-0.25, -0.2) is 9.97 Å². The molecular weight excluding hydrogens is 397 g/mol. The SMILES string of the molecule is Cc1nc(Cl)c([N+](=O)[O-])c(/C=C(/c2ccccc2C(F)(F)F)N2CCCC2)n1. The van der Waals surface area contributed by atoms with Gasteiger partial charge in [0.15, 0.2) is 0 Å². The molecule has 1 saturated heterocycles. The Labute approximate surface area is 163 Å². The maximum Gasteiger partial charge on any atom is 0.417 e. The van der Waals surface area contributed by atoms with Gasteiger partial charge in [0, 0.05) is 24.4 Å². The molecule has 6 nitrogen and oxygen atoms in total. The van der Waals surface area contributed by atoms with Crippen LogP contribution in [0.4, 0.5) is 18.9 Å². The number of hydrogen-bond donors (Lipinski definition) is 0. The van der Waals surface area contributed by atoms with Crippen LogP contribution in [0.1, 0.15) is 35.5 Å². The van der Waals surface area contributed by atoms with Gasteiger partial charge >= 0.3 is 11.9 Å². The molecule has 28 heavy (non-hydrogen) atoms. The average Bonchev–Trinajstić information content (AvgIpc) is 3.12. The van der Waals surface area contributed by atoms with Gasteiger partial charge in [-0.1, -0.05) is 29.8 Å². The number of aryl methyl sites for hydroxylation is 1. The molecule has 148 valence electrons. The van der Waals surface area contributed by atoms with Crippen molar-refractivity contribution in [1.29, 1.82) is 0 Å². The highest BCUT2D eigenvalue weighted by Crippen LogP contribution is 2.38. The Bertz CT molecular complexity index is 941. The van der Waals surface area contributed by atoms with Crippen LogP contribution >= 0.6 is 11.6 Å². The summed E-state index contributed by atoms with van der Waals surface area (Å²) < 4.78 is 40.7. The lowest BCUT2D eigenvalue weighted by Crippen LogP contribution is -2.20. The average molecular weight is 413 g/mol. The molecule has 0 saturated carbocycles. The predicted molar refractivity (Wildman–Crippen MR) is 98.6 cm³/mol. The van der Waals surface area contributed by atoms with Gasteiger partial charge in [0.1, 0.15) is 11.5 Å². The van der Waals surface area contributed by atoms with Gasteiger partial charge in [-0.3, -0.25) is 10.1 Å². The number of halogens is 4. The van der Waals surface area contributed by atoms with Crippen molar-refractivity contribution >= 4 is 29.1 Å². The van der Waals surface area contributed by atoms with Gasteiger partial charge in [0.25, 0.3) is 0 Å². The second-order valence-electron chi connectivity index (χ2n) is 6.32. The normalized spacial score (nSPS) is 15.2. The fourth-order valence-electron chi connectivity index (χ4n) is 3.20. The van der Waals surface area contributed by atoms with Crippen molar-refractivity contribution in [3.63, 3.8) is 0 Å². The van der Waals surface area contributed by atoms with Crippen molar-refractivity contribution in [2.24, 2.45) is 0 Å². The third-order valence-corrected chi connectivity index (χ3v) is 4.65. The zero-order valence-corrected chi connectivity index (χ0v) is 15.6. The molecule has 10 heteroatoms. The van der Waals surface area contributed by atoms with E-state index in [0.717, 1.165) is 18.9 Å². The Hall–Kier alpha value is -2.68. The summed E-state index contributed by atoms with van der Waals surface area (Å²) in [6.45, 7) is 2.60. The standard InChI is InChI=1S/C18H16ClF3N4O2/c1-11-23-14(16(26(27)28)17(19)24-11)10-15(25-8-4-5-9-25)12-6-2-3-7-13(12)18(20,21)22/h2-3,6-7,10H,4-5,8-9H2,1H3/b15-10-. The highest BCUT2D eigenvalue weighted by atomic mass is 35.5. The molecule has 2 aromatic rings. The second-order valence-corrected chi connectivity index (χ2v) is 6.68. The summed E-state index contributed by atoms with van der Waals surface area (Å²) in [6.07, 6.45) is -1.64. The minimum atomic E-state index is -4.57. The quantitative estimate of drug-likeness (QED) is 0.403. The van der Waals surface area contributed by atoms with Crippen molar-refractivity contribution in [2.75, 3.05) is 13.1 Å². The van der Waals surface area contributed by atoms with E-state index in [1.807, 2.05) is 0 Å². The Balaban J connectivity index is 2.26. The van der Waals surface area contributed by atoms with Gasteiger partial charge in [-0.2, -0.15) is 13.2 Å². The largest absolute Gasteiger partial charge is 0.417 e. The second kappa shape index (κ2) is 7.75. The van der Waals surface area contributed by atoms with E-state index in [4.69, 9.17) is 11.6 Å². The summed E-state index contributed by atoms with van der Waals surface area (Å²) in [4.78, 5) is 20.3. The third kappa shape index (κ3) is 4.09. The fraction of sp³-hybridized carbons (Fsp3) is 0.333. The van der Waals surface area contributed by atoms with Crippen LogP contribution in [0.25, 0.3) is 11.8 Å². The van der Waals surface area contributed by atoms with Crippen LogP contribution in [0.2, 0.25) is 5.15 Å². The molecule has 0 aliphatic carbocycles. The van der Waals surface area contributed by atoms with Crippen LogP contribution in [0.3, 0.4) is 0 Å². The smallest absolute Gasteiger partial charge is 0.371 e. The molecule has 2 heterocycles. The van der Waals surface area contributed by atoms with Crippen molar-refractivity contribution < 1.29 is 18.1 Å². The van der Waals surface area contributed by atoms with Crippen LogP contribution < -0.4 is 0 Å². The topological polar surface area (TPSA) is 72.2 Å². The zero-order chi connectivity index (χ0) is 20.5. The van der Waals surface area contributed by atoms with Crippen molar-refractivity contribution in [3.8, 4) is 0 Å². The van der Waals surface area contributed by atoms with E-state index in [1.165, 1.54) is 31.2 Å². The first-order chi connectivity index (χ1) is 13.2. The fourth-order valence-corrected chi connectivity index (χ4v) is 3.49. The van der Waals surface area contributed by atoms with Crippen LogP contribution in [0.15, 0.2) is 24.3 Å². The summed E-state index contributed by atoms with van der Waals surface area (Å²) in [7, 11) is 0. The number of alkyl halides is 3. The minimum Gasteiger partial charge on any atom is -0.371 e. The van der Waals surface area contributed by atoms with Gasteiger partial charge in [0.05, 0.1) is 10.5 Å². The molecule has 1 aliphatic heterocycles. The van der Waals surface area contributed by atoms with Crippen LogP contribution in [0, 0.1) is 17.0 Å². The number of nitro groups is 1. The molecule has 0 unspecified atom stereocenters. The molecule has 0 N–H and O–H groups in total. The van der Waals surface area contributed by atoms with E-state index in [2.05, 4.69) is 9.97 Å². The Morgan fingerprint density at radius 2 is 1.89 bits per heavy atom. The number of hydrogen-bond acceptors (Lipinski definition) is 5. The molecule has 1 aromatic carbocycles. The Morgan fingerprint density at radius 3 is 2.50 bits per heavy atom. The lowest BCUT2D eigenvalue weighted by molar-refractivity contribution is -0.385. The summed E-state index contributed by atoms with van der Waals surface area (Å²) in [5, 5.41) is 11.1.